The van der Waals surface area contributed by atoms with Gasteiger partial charge in [0.15, 0.2) is 0 Å². The number of rotatable bonds is 14. The van der Waals surface area contributed by atoms with Gasteiger partial charge in [0, 0.05) is 45.1 Å². The predicted molar refractivity (Wildman–Crippen MR) is 93.0 cm³/mol. The van der Waals surface area contributed by atoms with Gasteiger partial charge in [-0.3, -0.25) is 24.1 Å². The van der Waals surface area contributed by atoms with Crippen molar-refractivity contribution in [3.63, 3.8) is 0 Å². The maximum atomic E-state index is 11.6. The van der Waals surface area contributed by atoms with Gasteiger partial charge in [-0.15, -0.1) is 0 Å². The molecule has 0 atom stereocenters. The smallest absolute Gasteiger partial charge is 0.253 e. The van der Waals surface area contributed by atoms with Gasteiger partial charge in [-0.05, 0) is 12.8 Å². The number of amides is 4. The Morgan fingerprint density at radius 1 is 0.923 bits per heavy atom. The quantitative estimate of drug-likeness (QED) is 0.311. The fraction of sp³-hybridized carbons (Fsp3) is 0.647. The number of unbranched alkanes of at least 4 members (excludes halogenated alkanes) is 1. The first-order valence-electron chi connectivity index (χ1n) is 8.71. The van der Waals surface area contributed by atoms with Crippen molar-refractivity contribution in [2.45, 2.75) is 26.2 Å². The van der Waals surface area contributed by atoms with E-state index in [9.17, 15) is 19.2 Å². The van der Waals surface area contributed by atoms with Crippen LogP contribution in [0.15, 0.2) is 12.2 Å². The molecule has 1 aliphatic rings. The van der Waals surface area contributed by atoms with Crippen molar-refractivity contribution in [1.29, 1.82) is 0 Å². The van der Waals surface area contributed by atoms with Gasteiger partial charge in [0.05, 0.1) is 26.4 Å². The minimum atomic E-state index is -0.296. The van der Waals surface area contributed by atoms with Crippen LogP contribution in [0, 0.1) is 0 Å². The Kier molecular flexibility index (Phi) is 10.9. The predicted octanol–water partition coefficient (Wildman–Crippen LogP) is -0.633. The van der Waals surface area contributed by atoms with E-state index in [2.05, 4.69) is 10.6 Å². The summed E-state index contributed by atoms with van der Waals surface area (Å²) in [6.07, 6.45) is 4.05. The molecule has 146 valence electrons. The summed E-state index contributed by atoms with van der Waals surface area (Å²) < 4.78 is 10.6. The molecule has 9 nitrogen and oxygen atoms in total. The topological polar surface area (TPSA) is 114 Å². The first kappa shape index (κ1) is 21.8. The summed E-state index contributed by atoms with van der Waals surface area (Å²) in [5.74, 6) is -0.764. The van der Waals surface area contributed by atoms with E-state index in [4.69, 9.17) is 9.47 Å². The normalized spacial score (nSPS) is 13.3. The summed E-state index contributed by atoms with van der Waals surface area (Å²) in [7, 11) is 0. The minimum Gasteiger partial charge on any atom is -0.377 e. The van der Waals surface area contributed by atoms with Crippen molar-refractivity contribution in [3.05, 3.63) is 12.2 Å². The van der Waals surface area contributed by atoms with E-state index in [-0.39, 0.29) is 23.6 Å². The summed E-state index contributed by atoms with van der Waals surface area (Å²) in [6.45, 7) is 4.35. The Balaban J connectivity index is 1.86. The van der Waals surface area contributed by atoms with Gasteiger partial charge in [0.25, 0.3) is 11.8 Å². The van der Waals surface area contributed by atoms with Gasteiger partial charge in [0.2, 0.25) is 11.8 Å². The summed E-state index contributed by atoms with van der Waals surface area (Å²) in [5.41, 5.74) is 0. The molecule has 1 heterocycles. The van der Waals surface area contributed by atoms with Crippen LogP contribution in [-0.2, 0) is 28.7 Å². The molecular weight excluding hydrogens is 342 g/mol. The highest BCUT2D eigenvalue weighted by Crippen LogP contribution is 2.06. The van der Waals surface area contributed by atoms with Crippen molar-refractivity contribution in [2.75, 3.05) is 46.1 Å². The van der Waals surface area contributed by atoms with Crippen LogP contribution in [0.3, 0.4) is 0 Å². The number of nitrogens with zero attached hydrogens (tertiary/aromatic N) is 1. The summed E-state index contributed by atoms with van der Waals surface area (Å²) >= 11 is 0. The van der Waals surface area contributed by atoms with E-state index in [1.54, 1.807) is 0 Å². The first-order chi connectivity index (χ1) is 12.5. The van der Waals surface area contributed by atoms with Crippen LogP contribution in [0.25, 0.3) is 0 Å². The highest BCUT2D eigenvalue weighted by molar-refractivity contribution is 6.12. The number of carbonyl (C=O) groups is 4. The van der Waals surface area contributed by atoms with Crippen LogP contribution in [-0.4, -0.2) is 74.6 Å². The molecule has 0 spiro atoms. The van der Waals surface area contributed by atoms with Crippen LogP contribution in [0.1, 0.15) is 26.2 Å². The standard InChI is InChI=1S/C17H27N3O6/c1-14(21)18-7-10-25-12-13-26-11-8-19-15(22)4-2-3-9-20-16(23)5-6-17(20)24/h5-6H,2-4,7-13H2,1H3,(H,18,21)(H,19,22). The fourth-order valence-corrected chi connectivity index (χ4v) is 2.18. The number of hydrogen-bond acceptors (Lipinski definition) is 6. The summed E-state index contributed by atoms with van der Waals surface area (Å²) in [4.78, 5) is 46.1. The van der Waals surface area contributed by atoms with E-state index in [1.165, 1.54) is 24.0 Å². The SMILES string of the molecule is CC(=O)NCCOCCOCCNC(=O)CCCCN1C(=O)C=CC1=O. The van der Waals surface area contributed by atoms with Crippen LogP contribution in [0.4, 0.5) is 0 Å². The molecule has 0 saturated carbocycles. The minimum absolute atomic E-state index is 0.0858. The van der Waals surface area contributed by atoms with Gasteiger partial charge >= 0.3 is 0 Å². The van der Waals surface area contributed by atoms with Gasteiger partial charge in [-0.25, -0.2) is 0 Å². The molecule has 0 fully saturated rings. The Bertz CT molecular complexity index is 503. The van der Waals surface area contributed by atoms with Crippen LogP contribution < -0.4 is 10.6 Å². The average Bonchev–Trinajstić information content (AvgIpc) is 2.91. The maximum absolute atomic E-state index is 11.6. The summed E-state index contributed by atoms with van der Waals surface area (Å²) in [6, 6.07) is 0. The molecule has 0 aromatic carbocycles. The molecule has 0 saturated heterocycles. The van der Waals surface area contributed by atoms with E-state index >= 15 is 0 Å². The van der Waals surface area contributed by atoms with E-state index < -0.39 is 0 Å². The molecule has 26 heavy (non-hydrogen) atoms. The molecule has 0 radical (unpaired) electrons. The first-order valence-corrected chi connectivity index (χ1v) is 8.71. The van der Waals surface area contributed by atoms with Crippen LogP contribution in [0.2, 0.25) is 0 Å². The molecule has 4 amide bonds. The third kappa shape index (κ3) is 9.90. The highest BCUT2D eigenvalue weighted by atomic mass is 16.5. The van der Waals surface area contributed by atoms with Crippen LogP contribution in [0.5, 0.6) is 0 Å². The van der Waals surface area contributed by atoms with Crippen LogP contribution >= 0.6 is 0 Å². The Hall–Kier alpha value is -2.26. The lowest BCUT2D eigenvalue weighted by Gasteiger charge is -2.13. The van der Waals surface area contributed by atoms with E-state index in [1.807, 2.05) is 0 Å². The molecule has 0 unspecified atom stereocenters. The van der Waals surface area contributed by atoms with E-state index in [0.29, 0.717) is 65.3 Å². The maximum Gasteiger partial charge on any atom is 0.253 e. The zero-order valence-electron chi connectivity index (χ0n) is 15.1. The lowest BCUT2D eigenvalue weighted by molar-refractivity contribution is -0.136. The summed E-state index contributed by atoms with van der Waals surface area (Å²) in [5, 5.41) is 5.36. The Morgan fingerprint density at radius 3 is 2.08 bits per heavy atom. The van der Waals surface area contributed by atoms with Gasteiger partial charge in [-0.2, -0.15) is 0 Å². The lowest BCUT2D eigenvalue weighted by atomic mass is 10.2. The number of hydrogen-bond donors (Lipinski definition) is 2. The molecule has 0 aliphatic carbocycles. The van der Waals surface area contributed by atoms with Gasteiger partial charge in [-0.1, -0.05) is 0 Å². The molecular formula is C17H27N3O6. The molecule has 1 aliphatic heterocycles. The second-order valence-corrected chi connectivity index (χ2v) is 5.68. The van der Waals surface area contributed by atoms with Crippen molar-refractivity contribution in [3.8, 4) is 0 Å². The van der Waals surface area contributed by atoms with Gasteiger partial charge in [0.1, 0.15) is 0 Å². The number of ether oxygens (including phenoxy) is 2. The van der Waals surface area contributed by atoms with Crippen molar-refractivity contribution < 1.29 is 28.7 Å². The Labute approximate surface area is 153 Å². The van der Waals surface area contributed by atoms with Crippen molar-refractivity contribution in [2.24, 2.45) is 0 Å². The zero-order valence-corrected chi connectivity index (χ0v) is 15.1. The molecule has 9 heteroatoms. The molecule has 0 aromatic rings. The van der Waals surface area contributed by atoms with E-state index in [0.717, 1.165) is 0 Å². The monoisotopic (exact) mass is 369 g/mol. The molecule has 0 aromatic heterocycles. The number of carbonyl (C=O) groups excluding carboxylic acids is 4. The third-order valence-corrected chi connectivity index (χ3v) is 3.50. The zero-order chi connectivity index (χ0) is 19.2. The second-order valence-electron chi connectivity index (χ2n) is 5.68. The van der Waals surface area contributed by atoms with Gasteiger partial charge < -0.3 is 20.1 Å². The van der Waals surface area contributed by atoms with Crippen molar-refractivity contribution in [1.82, 2.24) is 15.5 Å². The Morgan fingerprint density at radius 2 is 1.50 bits per heavy atom. The largest absolute Gasteiger partial charge is 0.377 e. The average molecular weight is 369 g/mol. The molecule has 1 rings (SSSR count). The number of imide groups is 1. The molecule has 0 bridgehead atoms. The third-order valence-electron chi connectivity index (χ3n) is 3.50. The van der Waals surface area contributed by atoms with Crippen molar-refractivity contribution >= 4 is 23.6 Å². The molecule has 2 N–H and O–H groups in total. The fourth-order valence-electron chi connectivity index (χ4n) is 2.18. The number of nitrogens with one attached hydrogen (secondary N) is 2. The second kappa shape index (κ2) is 13.0. The highest BCUT2D eigenvalue weighted by Gasteiger charge is 2.22. The lowest BCUT2D eigenvalue weighted by Crippen LogP contribution is -2.31.